The van der Waals surface area contributed by atoms with E-state index in [4.69, 9.17) is 5.73 Å². The molecular formula is C17H24ClN5O2. The lowest BCUT2D eigenvalue weighted by molar-refractivity contribution is -0.127. The Morgan fingerprint density at radius 2 is 1.88 bits per heavy atom. The molecule has 0 unspecified atom stereocenters. The first-order valence-corrected chi connectivity index (χ1v) is 7.86. The lowest BCUT2D eigenvalue weighted by Gasteiger charge is -2.15. The quantitative estimate of drug-likeness (QED) is 0.681. The molecule has 0 fully saturated rings. The van der Waals surface area contributed by atoms with Crippen LogP contribution in [0.25, 0.3) is 5.69 Å². The van der Waals surface area contributed by atoms with E-state index in [-0.39, 0.29) is 36.7 Å². The lowest BCUT2D eigenvalue weighted by atomic mass is 10.1. The molecule has 0 saturated carbocycles. The number of benzene rings is 1. The van der Waals surface area contributed by atoms with Crippen molar-refractivity contribution < 1.29 is 9.59 Å². The fraction of sp³-hybridized carbons (Fsp3) is 0.353. The summed E-state index contributed by atoms with van der Waals surface area (Å²) < 4.78 is 1.76. The van der Waals surface area contributed by atoms with Gasteiger partial charge in [-0.05, 0) is 29.7 Å². The van der Waals surface area contributed by atoms with Crippen molar-refractivity contribution in [3.8, 4) is 5.69 Å². The molecule has 0 aliphatic rings. The van der Waals surface area contributed by atoms with Gasteiger partial charge in [-0.1, -0.05) is 26.0 Å². The van der Waals surface area contributed by atoms with Gasteiger partial charge in [0.25, 0.3) is 0 Å². The minimum Gasteiger partial charge on any atom is -0.350 e. The van der Waals surface area contributed by atoms with E-state index in [2.05, 4.69) is 15.7 Å². The average Bonchev–Trinajstić information content (AvgIpc) is 3.12. The SMILES string of the molecule is CC(C)[C@H](N)C(=O)NCC(=O)NCc1ccc(-n2cccn2)cc1.Cl. The predicted molar refractivity (Wildman–Crippen MR) is 98.5 cm³/mol. The van der Waals surface area contributed by atoms with Crippen molar-refractivity contribution in [3.05, 3.63) is 48.3 Å². The summed E-state index contributed by atoms with van der Waals surface area (Å²) in [6.07, 6.45) is 3.58. The fourth-order valence-corrected chi connectivity index (χ4v) is 2.04. The van der Waals surface area contributed by atoms with E-state index < -0.39 is 6.04 Å². The smallest absolute Gasteiger partial charge is 0.239 e. The number of amides is 2. The minimum atomic E-state index is -0.604. The summed E-state index contributed by atoms with van der Waals surface area (Å²) in [5.41, 5.74) is 7.63. The second-order valence-electron chi connectivity index (χ2n) is 5.88. The minimum absolute atomic E-state index is 0. The number of hydrogen-bond donors (Lipinski definition) is 3. The number of nitrogens with two attached hydrogens (primary N) is 1. The Bertz CT molecular complexity index is 671. The Kier molecular flexibility index (Phi) is 8.10. The highest BCUT2D eigenvalue weighted by Gasteiger charge is 2.17. The number of carbonyl (C=O) groups excluding carboxylic acids is 2. The maximum Gasteiger partial charge on any atom is 0.239 e. The first-order chi connectivity index (χ1) is 11.5. The van der Waals surface area contributed by atoms with E-state index >= 15 is 0 Å². The summed E-state index contributed by atoms with van der Waals surface area (Å²) in [6, 6.07) is 8.95. The van der Waals surface area contributed by atoms with Gasteiger partial charge in [-0.3, -0.25) is 9.59 Å². The van der Waals surface area contributed by atoms with Crippen LogP contribution in [-0.2, 0) is 16.1 Å². The third-order valence-electron chi connectivity index (χ3n) is 3.64. The van der Waals surface area contributed by atoms with Gasteiger partial charge in [-0.15, -0.1) is 12.4 Å². The third-order valence-corrected chi connectivity index (χ3v) is 3.64. The molecule has 0 aliphatic carbocycles. The molecule has 8 heteroatoms. The number of aromatic nitrogens is 2. The number of hydrogen-bond acceptors (Lipinski definition) is 4. The maximum absolute atomic E-state index is 11.8. The summed E-state index contributed by atoms with van der Waals surface area (Å²) in [4.78, 5) is 23.5. The molecule has 2 rings (SSSR count). The molecule has 136 valence electrons. The zero-order valence-electron chi connectivity index (χ0n) is 14.3. The molecule has 0 bridgehead atoms. The summed E-state index contributed by atoms with van der Waals surface area (Å²) >= 11 is 0. The van der Waals surface area contributed by atoms with Gasteiger partial charge in [-0.2, -0.15) is 5.10 Å². The third kappa shape index (κ3) is 6.21. The van der Waals surface area contributed by atoms with E-state index in [0.717, 1.165) is 11.3 Å². The van der Waals surface area contributed by atoms with Gasteiger partial charge in [0.2, 0.25) is 11.8 Å². The summed E-state index contributed by atoms with van der Waals surface area (Å²) in [5.74, 6) is -0.541. The van der Waals surface area contributed by atoms with Crippen molar-refractivity contribution in [2.45, 2.75) is 26.4 Å². The highest BCUT2D eigenvalue weighted by atomic mass is 35.5. The molecule has 25 heavy (non-hydrogen) atoms. The van der Waals surface area contributed by atoms with E-state index in [1.807, 2.05) is 50.4 Å². The normalized spacial score (nSPS) is 11.5. The zero-order chi connectivity index (χ0) is 17.5. The van der Waals surface area contributed by atoms with Crippen molar-refractivity contribution in [3.63, 3.8) is 0 Å². The Morgan fingerprint density at radius 3 is 2.44 bits per heavy atom. The van der Waals surface area contributed by atoms with Gasteiger partial charge in [-0.25, -0.2) is 4.68 Å². The number of halogens is 1. The summed E-state index contributed by atoms with van der Waals surface area (Å²) in [5, 5.41) is 9.45. The molecule has 0 spiro atoms. The Hall–Kier alpha value is -2.38. The molecule has 2 aromatic rings. The van der Waals surface area contributed by atoms with E-state index in [1.165, 1.54) is 0 Å². The molecular weight excluding hydrogens is 342 g/mol. The highest BCUT2D eigenvalue weighted by Crippen LogP contribution is 2.08. The van der Waals surface area contributed by atoms with Gasteiger partial charge in [0, 0.05) is 18.9 Å². The fourth-order valence-electron chi connectivity index (χ4n) is 2.04. The monoisotopic (exact) mass is 365 g/mol. The molecule has 1 aromatic heterocycles. The van der Waals surface area contributed by atoms with Gasteiger partial charge < -0.3 is 16.4 Å². The molecule has 0 radical (unpaired) electrons. The first-order valence-electron chi connectivity index (χ1n) is 7.86. The van der Waals surface area contributed by atoms with Crippen LogP contribution in [-0.4, -0.2) is 34.2 Å². The highest BCUT2D eigenvalue weighted by molar-refractivity contribution is 5.87. The number of nitrogens with one attached hydrogen (secondary N) is 2. The van der Waals surface area contributed by atoms with Gasteiger partial charge in [0.1, 0.15) is 0 Å². The van der Waals surface area contributed by atoms with Crippen molar-refractivity contribution in [2.75, 3.05) is 6.54 Å². The van der Waals surface area contributed by atoms with E-state index in [1.54, 1.807) is 10.9 Å². The van der Waals surface area contributed by atoms with E-state index in [9.17, 15) is 9.59 Å². The van der Waals surface area contributed by atoms with Crippen LogP contribution in [0.2, 0.25) is 0 Å². The molecule has 4 N–H and O–H groups in total. The van der Waals surface area contributed by atoms with Crippen LogP contribution >= 0.6 is 12.4 Å². The zero-order valence-corrected chi connectivity index (χ0v) is 15.1. The van der Waals surface area contributed by atoms with Crippen molar-refractivity contribution in [1.82, 2.24) is 20.4 Å². The average molecular weight is 366 g/mol. The van der Waals surface area contributed by atoms with Crippen LogP contribution in [0.5, 0.6) is 0 Å². The number of rotatable bonds is 7. The van der Waals surface area contributed by atoms with Crippen LogP contribution in [0.4, 0.5) is 0 Å². The summed E-state index contributed by atoms with van der Waals surface area (Å²) in [6.45, 7) is 4.03. The van der Waals surface area contributed by atoms with Crippen LogP contribution in [0, 0.1) is 5.92 Å². The molecule has 1 atom stereocenters. The Morgan fingerprint density at radius 1 is 1.20 bits per heavy atom. The molecule has 1 heterocycles. The molecule has 2 amide bonds. The number of carbonyl (C=O) groups is 2. The first kappa shape index (κ1) is 20.7. The van der Waals surface area contributed by atoms with Crippen molar-refractivity contribution in [1.29, 1.82) is 0 Å². The largest absolute Gasteiger partial charge is 0.350 e. The predicted octanol–water partition coefficient (Wildman–Crippen LogP) is 1.01. The van der Waals surface area contributed by atoms with Crippen LogP contribution in [0.1, 0.15) is 19.4 Å². The topological polar surface area (TPSA) is 102 Å². The second-order valence-corrected chi connectivity index (χ2v) is 5.88. The Balaban J connectivity index is 0.00000312. The van der Waals surface area contributed by atoms with Crippen LogP contribution in [0.15, 0.2) is 42.7 Å². The lowest BCUT2D eigenvalue weighted by Crippen LogP contribution is -2.47. The second kappa shape index (κ2) is 9.80. The van der Waals surface area contributed by atoms with Crippen molar-refractivity contribution in [2.24, 2.45) is 11.7 Å². The maximum atomic E-state index is 11.8. The van der Waals surface area contributed by atoms with Crippen molar-refractivity contribution >= 4 is 24.2 Å². The Labute approximate surface area is 153 Å². The van der Waals surface area contributed by atoms with Gasteiger partial charge in [0.15, 0.2) is 0 Å². The summed E-state index contributed by atoms with van der Waals surface area (Å²) in [7, 11) is 0. The van der Waals surface area contributed by atoms with Gasteiger partial charge >= 0.3 is 0 Å². The number of nitrogens with zero attached hydrogens (tertiary/aromatic N) is 2. The molecule has 0 aliphatic heterocycles. The molecule has 7 nitrogen and oxygen atoms in total. The van der Waals surface area contributed by atoms with E-state index in [0.29, 0.717) is 6.54 Å². The standard InChI is InChI=1S/C17H23N5O2.ClH/c1-12(2)16(18)17(24)20-11-15(23)19-10-13-4-6-14(7-5-13)22-9-3-8-21-22;/h3-9,12,16H,10-11,18H2,1-2H3,(H,19,23)(H,20,24);1H/t16-;/m0./s1. The van der Waals surface area contributed by atoms with Crippen LogP contribution < -0.4 is 16.4 Å². The van der Waals surface area contributed by atoms with Gasteiger partial charge in [0.05, 0.1) is 18.3 Å². The molecule has 0 saturated heterocycles. The van der Waals surface area contributed by atoms with Crippen LogP contribution in [0.3, 0.4) is 0 Å². The molecule has 1 aromatic carbocycles.